The molecule has 0 aliphatic carbocycles. The van der Waals surface area contributed by atoms with Gasteiger partial charge in [0.2, 0.25) is 15.9 Å². The third-order valence-corrected chi connectivity index (χ3v) is 6.85. The van der Waals surface area contributed by atoms with Crippen LogP contribution in [-0.2, 0) is 20.2 Å². The molecular weight excluding hydrogens is 416 g/mol. The summed E-state index contributed by atoms with van der Waals surface area (Å²) < 4.78 is 26.5. The number of ketones is 1. The Bertz CT molecular complexity index is 1050. The Labute approximate surface area is 184 Å². The molecule has 0 radical (unpaired) electrons. The van der Waals surface area contributed by atoms with Crippen molar-refractivity contribution in [2.24, 2.45) is 0 Å². The molecule has 0 aromatic heterocycles. The zero-order valence-corrected chi connectivity index (χ0v) is 19.4. The normalized spacial score (nSPS) is 12.1. The summed E-state index contributed by atoms with van der Waals surface area (Å²) >= 11 is 0. The van der Waals surface area contributed by atoms with Crippen LogP contribution in [0.5, 0.6) is 5.75 Å². The first kappa shape index (κ1) is 24.6. The van der Waals surface area contributed by atoms with E-state index in [2.05, 4.69) is 5.32 Å². The van der Waals surface area contributed by atoms with Crippen LogP contribution in [0.3, 0.4) is 0 Å². The van der Waals surface area contributed by atoms with E-state index >= 15 is 0 Å². The molecule has 2 rings (SSSR count). The maximum Gasteiger partial charge on any atom is 0.242 e. The fraction of sp³-hybridized carbons (Fsp3) is 0.391. The van der Waals surface area contributed by atoms with Crippen LogP contribution in [0.4, 0.5) is 5.69 Å². The van der Waals surface area contributed by atoms with E-state index in [-0.39, 0.29) is 40.7 Å². The third-order valence-electron chi connectivity index (χ3n) is 4.98. The van der Waals surface area contributed by atoms with Gasteiger partial charge in [0.25, 0.3) is 0 Å². The van der Waals surface area contributed by atoms with Crippen LogP contribution in [0.15, 0.2) is 47.4 Å². The number of nitrogens with one attached hydrogen (secondary N) is 1. The van der Waals surface area contributed by atoms with Crippen molar-refractivity contribution < 1.29 is 23.1 Å². The predicted octanol–water partition coefficient (Wildman–Crippen LogP) is 3.93. The molecule has 2 aromatic carbocycles. The molecule has 8 heteroatoms. The zero-order valence-electron chi connectivity index (χ0n) is 18.6. The van der Waals surface area contributed by atoms with E-state index in [1.807, 2.05) is 26.8 Å². The van der Waals surface area contributed by atoms with Gasteiger partial charge in [0, 0.05) is 25.6 Å². The zero-order chi connectivity index (χ0) is 23.4. The quantitative estimate of drug-likeness (QED) is 0.472. The first-order valence-corrected chi connectivity index (χ1v) is 11.5. The van der Waals surface area contributed by atoms with E-state index in [1.165, 1.54) is 42.5 Å². The van der Waals surface area contributed by atoms with E-state index in [0.717, 1.165) is 5.56 Å². The van der Waals surface area contributed by atoms with E-state index < -0.39 is 10.0 Å². The van der Waals surface area contributed by atoms with Gasteiger partial charge in [-0.1, -0.05) is 39.0 Å². The van der Waals surface area contributed by atoms with Gasteiger partial charge in [-0.3, -0.25) is 9.59 Å². The lowest BCUT2D eigenvalue weighted by molar-refractivity contribution is -0.116. The molecule has 0 spiro atoms. The SMILES string of the molecule is CC(=O)c1ccc(S(=O)(=O)N(C)CCCC(=O)Nc2cc(C(C)(C)C)ccc2O)cc1. The van der Waals surface area contributed by atoms with Crippen LogP contribution in [0.1, 0.15) is 56.5 Å². The second-order valence-corrected chi connectivity index (χ2v) is 10.6. The Kier molecular flexibility index (Phi) is 7.62. The minimum atomic E-state index is -3.72. The fourth-order valence-corrected chi connectivity index (χ4v) is 4.15. The molecule has 0 saturated carbocycles. The monoisotopic (exact) mass is 446 g/mol. The number of phenols is 1. The highest BCUT2D eigenvalue weighted by atomic mass is 32.2. The number of aromatic hydroxyl groups is 1. The summed E-state index contributed by atoms with van der Waals surface area (Å²) in [6.45, 7) is 7.68. The maximum absolute atomic E-state index is 12.7. The second kappa shape index (κ2) is 9.62. The Morgan fingerprint density at radius 2 is 1.68 bits per heavy atom. The molecule has 1 amide bonds. The minimum absolute atomic E-state index is 0.0185. The summed E-state index contributed by atoms with van der Waals surface area (Å²) in [6.07, 6.45) is 0.412. The van der Waals surface area contributed by atoms with Crippen LogP contribution >= 0.6 is 0 Å². The molecule has 0 saturated heterocycles. The number of phenolic OH excluding ortho intramolecular Hbond substituents is 1. The first-order chi connectivity index (χ1) is 14.3. The molecular formula is C23H30N2O5S. The number of sulfonamides is 1. The Morgan fingerprint density at radius 3 is 2.23 bits per heavy atom. The Morgan fingerprint density at radius 1 is 1.06 bits per heavy atom. The summed E-state index contributed by atoms with van der Waals surface area (Å²) in [5, 5.41) is 12.7. The van der Waals surface area contributed by atoms with Gasteiger partial charge >= 0.3 is 0 Å². The van der Waals surface area contributed by atoms with Crippen molar-refractivity contribution in [1.82, 2.24) is 4.31 Å². The standard InChI is InChI=1S/C23H30N2O5S/c1-16(26)17-8-11-19(12-9-17)31(29,30)25(5)14-6-7-22(28)24-20-15-18(23(2,3)4)10-13-21(20)27/h8-13,15,27H,6-7,14H2,1-5H3,(H,24,28). The van der Waals surface area contributed by atoms with Crippen molar-refractivity contribution in [3.8, 4) is 5.75 Å². The van der Waals surface area contributed by atoms with Crippen LogP contribution < -0.4 is 5.32 Å². The van der Waals surface area contributed by atoms with Crippen molar-refractivity contribution in [2.75, 3.05) is 18.9 Å². The lowest BCUT2D eigenvalue weighted by Crippen LogP contribution is -2.28. The Balaban J connectivity index is 1.95. The van der Waals surface area contributed by atoms with Gasteiger partial charge in [-0.15, -0.1) is 0 Å². The molecule has 0 unspecified atom stereocenters. The van der Waals surface area contributed by atoms with E-state index in [9.17, 15) is 23.1 Å². The van der Waals surface area contributed by atoms with Crippen molar-refractivity contribution >= 4 is 27.4 Å². The topological polar surface area (TPSA) is 104 Å². The molecule has 2 N–H and O–H groups in total. The highest BCUT2D eigenvalue weighted by Crippen LogP contribution is 2.30. The molecule has 0 heterocycles. The highest BCUT2D eigenvalue weighted by Gasteiger charge is 2.21. The Hall–Kier alpha value is -2.71. The van der Waals surface area contributed by atoms with Crippen LogP contribution in [0.2, 0.25) is 0 Å². The maximum atomic E-state index is 12.7. The first-order valence-electron chi connectivity index (χ1n) is 10.0. The van der Waals surface area contributed by atoms with E-state index in [1.54, 1.807) is 12.1 Å². The number of hydrogen-bond donors (Lipinski definition) is 2. The van der Waals surface area contributed by atoms with Gasteiger partial charge in [-0.25, -0.2) is 12.7 Å². The van der Waals surface area contributed by atoms with Gasteiger partial charge in [-0.2, -0.15) is 0 Å². The van der Waals surface area contributed by atoms with Gasteiger partial charge < -0.3 is 10.4 Å². The molecule has 0 aliphatic heterocycles. The summed E-state index contributed by atoms with van der Waals surface area (Å²) in [5.41, 5.74) is 1.62. The predicted molar refractivity (Wildman–Crippen MR) is 121 cm³/mol. The van der Waals surface area contributed by atoms with Crippen LogP contribution in [0, 0.1) is 0 Å². The molecule has 7 nitrogen and oxygen atoms in total. The summed E-state index contributed by atoms with van der Waals surface area (Å²) in [4.78, 5) is 23.7. The van der Waals surface area contributed by atoms with Crippen LogP contribution in [-0.4, -0.2) is 43.1 Å². The van der Waals surface area contributed by atoms with Gasteiger partial charge in [0.05, 0.1) is 10.6 Å². The molecule has 0 atom stereocenters. The number of amides is 1. The average molecular weight is 447 g/mol. The minimum Gasteiger partial charge on any atom is -0.506 e. The average Bonchev–Trinajstić information content (AvgIpc) is 2.68. The van der Waals surface area contributed by atoms with Gasteiger partial charge in [0.1, 0.15) is 5.75 Å². The largest absolute Gasteiger partial charge is 0.506 e. The third kappa shape index (κ3) is 6.38. The number of benzene rings is 2. The number of carbonyl (C=O) groups excluding carboxylic acids is 2. The molecule has 2 aromatic rings. The van der Waals surface area contributed by atoms with Crippen molar-refractivity contribution in [2.45, 2.75) is 50.8 Å². The van der Waals surface area contributed by atoms with Crippen molar-refractivity contribution in [3.05, 3.63) is 53.6 Å². The lowest BCUT2D eigenvalue weighted by atomic mass is 9.87. The second-order valence-electron chi connectivity index (χ2n) is 8.54. The summed E-state index contributed by atoms with van der Waals surface area (Å²) in [7, 11) is -2.27. The molecule has 0 aliphatic rings. The number of nitrogens with zero attached hydrogens (tertiary/aromatic N) is 1. The number of carbonyl (C=O) groups is 2. The van der Waals surface area contributed by atoms with Gasteiger partial charge in [-0.05, 0) is 48.6 Å². The molecule has 0 fully saturated rings. The molecule has 168 valence electrons. The summed E-state index contributed by atoms with van der Waals surface area (Å²) in [5.74, 6) is -0.463. The molecule has 0 bridgehead atoms. The number of Topliss-reactive ketones (excluding diaryl/α,β-unsaturated/α-hetero) is 1. The number of hydrogen-bond acceptors (Lipinski definition) is 5. The smallest absolute Gasteiger partial charge is 0.242 e. The van der Waals surface area contributed by atoms with Crippen molar-refractivity contribution in [3.63, 3.8) is 0 Å². The molecule has 31 heavy (non-hydrogen) atoms. The van der Waals surface area contributed by atoms with Crippen LogP contribution in [0.25, 0.3) is 0 Å². The lowest BCUT2D eigenvalue weighted by Gasteiger charge is -2.20. The van der Waals surface area contributed by atoms with E-state index in [4.69, 9.17) is 0 Å². The fourth-order valence-electron chi connectivity index (χ4n) is 2.94. The van der Waals surface area contributed by atoms with Gasteiger partial charge in [0.15, 0.2) is 5.78 Å². The highest BCUT2D eigenvalue weighted by molar-refractivity contribution is 7.89. The van der Waals surface area contributed by atoms with E-state index in [0.29, 0.717) is 17.7 Å². The van der Waals surface area contributed by atoms with Crippen molar-refractivity contribution in [1.29, 1.82) is 0 Å². The number of rotatable bonds is 8. The summed E-state index contributed by atoms with van der Waals surface area (Å²) in [6, 6.07) is 10.9. The number of anilines is 1.